The van der Waals surface area contributed by atoms with E-state index in [9.17, 15) is 4.39 Å². The maximum absolute atomic E-state index is 14.0. The van der Waals surface area contributed by atoms with Gasteiger partial charge in [-0.05, 0) is 111 Å². The molecule has 2 saturated heterocycles. The molecule has 3 heteroatoms. The van der Waals surface area contributed by atoms with Crippen LogP contribution in [0, 0.1) is 11.3 Å². The molecule has 3 fully saturated rings. The topological polar surface area (TPSA) is 15.3 Å². The van der Waals surface area contributed by atoms with Crippen molar-refractivity contribution in [3.05, 3.63) is 94.8 Å². The Morgan fingerprint density at radius 1 is 0.975 bits per heavy atom. The molecular weight excluding hydrogens is 491 g/mol. The lowest BCUT2D eigenvalue weighted by atomic mass is 9.66. The van der Waals surface area contributed by atoms with Crippen LogP contribution < -0.4 is 5.32 Å². The van der Waals surface area contributed by atoms with Gasteiger partial charge in [0.25, 0.3) is 0 Å². The predicted molar refractivity (Wildman–Crippen MR) is 167 cm³/mol. The fourth-order valence-corrected chi connectivity index (χ4v) is 7.69. The third-order valence-corrected chi connectivity index (χ3v) is 9.89. The van der Waals surface area contributed by atoms with E-state index < -0.39 is 5.67 Å². The fourth-order valence-electron chi connectivity index (χ4n) is 7.69. The van der Waals surface area contributed by atoms with Gasteiger partial charge in [-0.15, -0.1) is 0 Å². The van der Waals surface area contributed by atoms with E-state index in [4.69, 9.17) is 0 Å². The molecule has 0 aromatic heterocycles. The quantitative estimate of drug-likeness (QED) is 0.306. The first-order chi connectivity index (χ1) is 18.8. The number of aryl methyl sites for hydroxylation is 2. The lowest BCUT2D eigenvalue weighted by molar-refractivity contribution is -0.00521. The third-order valence-electron chi connectivity index (χ3n) is 9.89. The highest BCUT2D eigenvalue weighted by Crippen LogP contribution is 2.44. The number of hydrogen-bond acceptors (Lipinski definition) is 2. The molecule has 216 valence electrons. The SMILES string of the molecule is C=C(CCc1ccc2c(c1)CC(C)(C)C2)NC12CCC(CC1C)N(C(=C)CCc1ccc(CC(C)(C)F)cc1)C2. The Labute approximate surface area is 243 Å². The van der Waals surface area contributed by atoms with Gasteiger partial charge in [-0.1, -0.05) is 76.4 Å². The Bertz CT molecular complexity index is 1230. The van der Waals surface area contributed by atoms with Crippen molar-refractivity contribution in [2.45, 2.75) is 116 Å². The summed E-state index contributed by atoms with van der Waals surface area (Å²) < 4.78 is 14.0. The van der Waals surface area contributed by atoms with Gasteiger partial charge in [-0.3, -0.25) is 0 Å². The molecule has 0 spiro atoms. The van der Waals surface area contributed by atoms with Crippen LogP contribution in [0.1, 0.15) is 94.5 Å². The summed E-state index contributed by atoms with van der Waals surface area (Å²) in [7, 11) is 0. The summed E-state index contributed by atoms with van der Waals surface area (Å²) in [6.45, 7) is 20.5. The van der Waals surface area contributed by atoms with E-state index in [0.29, 0.717) is 23.8 Å². The molecule has 2 nitrogen and oxygen atoms in total. The molecule has 3 atom stereocenters. The Balaban J connectivity index is 1.15. The standard InChI is InChI=1S/C37H51FN2/c1-26-20-34-18-19-37(26,39-27(2)8-10-30-16-17-32-23-35(4,5)24-33(32)21-30)25-40(34)28(3)9-11-29-12-14-31(15-13-29)22-36(6,7)38/h12-17,21,26,34,39H,2-3,8-11,18-20,22-25H2,1,4-7H3. The van der Waals surface area contributed by atoms with Crippen LogP contribution in [-0.4, -0.2) is 28.7 Å². The largest absolute Gasteiger partial charge is 0.381 e. The van der Waals surface area contributed by atoms with Gasteiger partial charge in [-0.2, -0.15) is 0 Å². The highest BCUT2D eigenvalue weighted by atomic mass is 19.1. The first-order valence-electron chi connectivity index (χ1n) is 15.6. The first-order valence-corrected chi connectivity index (χ1v) is 15.6. The number of benzene rings is 2. The number of rotatable bonds is 11. The van der Waals surface area contributed by atoms with Gasteiger partial charge in [0, 0.05) is 30.4 Å². The van der Waals surface area contributed by atoms with Crippen LogP contribution in [0.3, 0.4) is 0 Å². The lowest BCUT2D eigenvalue weighted by Crippen LogP contribution is -2.67. The van der Waals surface area contributed by atoms with Crippen LogP contribution >= 0.6 is 0 Å². The zero-order valence-electron chi connectivity index (χ0n) is 25.7. The normalized spacial score (nSPS) is 25.1. The van der Waals surface area contributed by atoms with Crippen molar-refractivity contribution >= 4 is 0 Å². The van der Waals surface area contributed by atoms with Crippen LogP contribution in [-0.2, 0) is 32.1 Å². The smallest absolute Gasteiger partial charge is 0.109 e. The van der Waals surface area contributed by atoms with Gasteiger partial charge in [0.1, 0.15) is 5.67 Å². The van der Waals surface area contributed by atoms with E-state index in [1.807, 2.05) is 0 Å². The summed E-state index contributed by atoms with van der Waals surface area (Å²) in [5.41, 5.74) is 8.62. The summed E-state index contributed by atoms with van der Waals surface area (Å²) in [5.74, 6) is 0.626. The van der Waals surface area contributed by atoms with Gasteiger partial charge in [0.05, 0.1) is 5.54 Å². The molecule has 40 heavy (non-hydrogen) atoms. The number of allylic oxidation sites excluding steroid dienone is 2. The van der Waals surface area contributed by atoms with Crippen molar-refractivity contribution in [3.8, 4) is 0 Å². The molecule has 2 aliphatic heterocycles. The second-order valence-corrected chi connectivity index (χ2v) is 14.7. The van der Waals surface area contributed by atoms with E-state index in [2.05, 4.69) is 86.6 Å². The molecule has 1 N–H and O–H groups in total. The zero-order chi connectivity index (χ0) is 28.7. The number of hydrogen-bond donors (Lipinski definition) is 1. The molecule has 2 aromatic carbocycles. The first kappa shape index (κ1) is 29.0. The van der Waals surface area contributed by atoms with E-state index >= 15 is 0 Å². The van der Waals surface area contributed by atoms with E-state index in [-0.39, 0.29) is 5.54 Å². The second kappa shape index (κ2) is 11.0. The molecule has 4 aliphatic rings. The maximum atomic E-state index is 14.0. The monoisotopic (exact) mass is 542 g/mol. The minimum Gasteiger partial charge on any atom is -0.381 e. The van der Waals surface area contributed by atoms with Crippen LogP contribution in [0.2, 0.25) is 0 Å². The maximum Gasteiger partial charge on any atom is 0.109 e. The van der Waals surface area contributed by atoms with Gasteiger partial charge in [0.2, 0.25) is 0 Å². The van der Waals surface area contributed by atoms with Crippen LogP contribution in [0.25, 0.3) is 0 Å². The number of nitrogens with one attached hydrogen (secondary N) is 1. The Morgan fingerprint density at radius 3 is 2.33 bits per heavy atom. The predicted octanol–water partition coefficient (Wildman–Crippen LogP) is 8.53. The molecule has 0 radical (unpaired) electrons. The molecule has 0 amide bonds. The highest BCUT2D eigenvalue weighted by molar-refractivity contribution is 5.37. The molecule has 3 unspecified atom stereocenters. The molecule has 2 heterocycles. The van der Waals surface area contributed by atoms with Gasteiger partial charge < -0.3 is 10.2 Å². The minimum absolute atomic E-state index is 0.0809. The average Bonchev–Trinajstić information content (AvgIpc) is 3.19. The van der Waals surface area contributed by atoms with Crippen molar-refractivity contribution in [2.24, 2.45) is 11.3 Å². The summed E-state index contributed by atoms with van der Waals surface area (Å²) in [6.07, 6.45) is 10.5. The zero-order valence-corrected chi connectivity index (χ0v) is 25.7. The van der Waals surface area contributed by atoms with Gasteiger partial charge >= 0.3 is 0 Å². The number of nitrogens with zero attached hydrogens (tertiary/aromatic N) is 1. The molecule has 2 bridgehead atoms. The summed E-state index contributed by atoms with van der Waals surface area (Å²) >= 11 is 0. The number of piperidine rings is 2. The van der Waals surface area contributed by atoms with Gasteiger partial charge in [-0.25, -0.2) is 4.39 Å². The van der Waals surface area contributed by atoms with Crippen LogP contribution in [0.15, 0.2) is 67.0 Å². The molecule has 6 rings (SSSR count). The molecular formula is C37H51FN2. The minimum atomic E-state index is -1.17. The Hall–Kier alpha value is -2.55. The fraction of sp³-hybridized carbons (Fsp3) is 0.568. The molecule has 2 aliphatic carbocycles. The summed E-state index contributed by atoms with van der Waals surface area (Å²) in [6, 6.07) is 16.2. The second-order valence-electron chi connectivity index (χ2n) is 14.7. The van der Waals surface area contributed by atoms with E-state index in [1.165, 1.54) is 60.2 Å². The summed E-state index contributed by atoms with van der Waals surface area (Å²) in [5, 5.41) is 3.98. The number of fused-ring (bicyclic) bond motifs is 4. The van der Waals surface area contributed by atoms with Crippen molar-refractivity contribution < 1.29 is 4.39 Å². The highest BCUT2D eigenvalue weighted by Gasteiger charge is 2.49. The lowest BCUT2D eigenvalue weighted by Gasteiger charge is -2.58. The molecule has 1 saturated carbocycles. The third kappa shape index (κ3) is 6.67. The van der Waals surface area contributed by atoms with Crippen molar-refractivity contribution in [1.82, 2.24) is 10.2 Å². The Morgan fingerprint density at radius 2 is 1.62 bits per heavy atom. The summed E-state index contributed by atoms with van der Waals surface area (Å²) in [4.78, 5) is 2.60. The number of alkyl halides is 1. The van der Waals surface area contributed by atoms with Crippen LogP contribution in [0.4, 0.5) is 4.39 Å². The average molecular weight is 543 g/mol. The van der Waals surface area contributed by atoms with Crippen molar-refractivity contribution in [1.29, 1.82) is 0 Å². The van der Waals surface area contributed by atoms with Crippen molar-refractivity contribution in [3.63, 3.8) is 0 Å². The Kier molecular flexibility index (Phi) is 7.98. The van der Waals surface area contributed by atoms with Gasteiger partial charge in [0.15, 0.2) is 0 Å². The van der Waals surface area contributed by atoms with Crippen LogP contribution in [0.5, 0.6) is 0 Å². The van der Waals surface area contributed by atoms with E-state index in [0.717, 1.165) is 37.8 Å². The number of halogens is 1. The van der Waals surface area contributed by atoms with Crippen molar-refractivity contribution in [2.75, 3.05) is 6.54 Å². The van der Waals surface area contributed by atoms with E-state index in [1.54, 1.807) is 19.4 Å². The molecule has 2 aromatic rings.